The van der Waals surface area contributed by atoms with Gasteiger partial charge < -0.3 is 0 Å². The van der Waals surface area contributed by atoms with Crippen LogP contribution < -0.4 is 0 Å². The fourth-order valence-electron chi connectivity index (χ4n) is 2.12. The van der Waals surface area contributed by atoms with Gasteiger partial charge in [-0.1, -0.05) is 13.8 Å². The quantitative estimate of drug-likeness (QED) is 0.790. The van der Waals surface area contributed by atoms with Crippen molar-refractivity contribution in [1.82, 2.24) is 9.78 Å². The minimum atomic E-state index is -2.87. The van der Waals surface area contributed by atoms with E-state index in [4.69, 9.17) is 0 Å². The van der Waals surface area contributed by atoms with Crippen LogP contribution in [0.25, 0.3) is 0 Å². The van der Waals surface area contributed by atoms with Gasteiger partial charge in [0.1, 0.15) is 0 Å². The molecule has 1 aromatic heterocycles. The Kier molecular flexibility index (Phi) is 2.61. The molecule has 0 bridgehead atoms. The number of nitrogens with zero attached hydrogens (tertiary/aromatic N) is 2. The maximum atomic E-state index is 11.5. The molecule has 0 radical (unpaired) electrons. The number of hydrogen-bond acceptors (Lipinski definition) is 3. The van der Waals surface area contributed by atoms with Gasteiger partial charge in [-0.15, -0.1) is 0 Å². The third-order valence-electron chi connectivity index (χ3n) is 3.24. The standard InChI is InChI=1S/C11H18N2O2S/c1-9(2)10-4-6-13(12-10)11(3)5-7-16(14,15)8-11/h4,6,9H,5,7-8H2,1-3H3. The van der Waals surface area contributed by atoms with E-state index in [1.165, 1.54) is 0 Å². The van der Waals surface area contributed by atoms with Crippen LogP contribution in [0.2, 0.25) is 0 Å². The lowest BCUT2D eigenvalue weighted by Gasteiger charge is -2.22. The van der Waals surface area contributed by atoms with Crippen molar-refractivity contribution in [3.8, 4) is 0 Å². The molecule has 1 unspecified atom stereocenters. The molecular weight excluding hydrogens is 224 g/mol. The lowest BCUT2D eigenvalue weighted by atomic mass is 10.0. The van der Waals surface area contributed by atoms with Crippen LogP contribution in [0, 0.1) is 0 Å². The molecule has 90 valence electrons. The fourth-order valence-corrected chi connectivity index (χ4v) is 4.24. The van der Waals surface area contributed by atoms with Gasteiger partial charge in [0.05, 0.1) is 22.7 Å². The number of sulfone groups is 1. The normalized spacial score (nSPS) is 28.8. The van der Waals surface area contributed by atoms with Crippen LogP contribution in [0.5, 0.6) is 0 Å². The highest BCUT2D eigenvalue weighted by atomic mass is 32.2. The van der Waals surface area contributed by atoms with E-state index in [-0.39, 0.29) is 17.0 Å². The molecule has 0 spiro atoms. The Balaban J connectivity index is 2.31. The highest BCUT2D eigenvalue weighted by molar-refractivity contribution is 7.91. The third kappa shape index (κ3) is 2.00. The lowest BCUT2D eigenvalue weighted by Crippen LogP contribution is -2.32. The van der Waals surface area contributed by atoms with Crippen molar-refractivity contribution in [2.24, 2.45) is 0 Å². The predicted octanol–water partition coefficient (Wildman–Crippen LogP) is 1.54. The van der Waals surface area contributed by atoms with E-state index in [1.807, 2.05) is 23.9 Å². The van der Waals surface area contributed by atoms with E-state index in [0.717, 1.165) is 5.69 Å². The molecule has 1 fully saturated rings. The molecule has 1 aliphatic rings. The average molecular weight is 242 g/mol. The van der Waals surface area contributed by atoms with Gasteiger partial charge in [0.25, 0.3) is 0 Å². The van der Waals surface area contributed by atoms with E-state index < -0.39 is 9.84 Å². The van der Waals surface area contributed by atoms with Gasteiger partial charge in [-0.05, 0) is 25.3 Å². The molecule has 5 heteroatoms. The molecule has 2 rings (SSSR count). The summed E-state index contributed by atoms with van der Waals surface area (Å²) in [6.45, 7) is 6.13. The average Bonchev–Trinajstić information content (AvgIpc) is 2.71. The van der Waals surface area contributed by atoms with E-state index in [1.54, 1.807) is 0 Å². The van der Waals surface area contributed by atoms with Crippen molar-refractivity contribution < 1.29 is 8.42 Å². The van der Waals surface area contributed by atoms with E-state index >= 15 is 0 Å². The predicted molar refractivity (Wildman–Crippen MR) is 63.2 cm³/mol. The second-order valence-corrected chi connectivity index (χ2v) is 7.36. The summed E-state index contributed by atoms with van der Waals surface area (Å²) in [6.07, 6.45) is 2.56. The van der Waals surface area contributed by atoms with Crippen LogP contribution in [0.1, 0.15) is 38.8 Å². The molecule has 0 amide bonds. The Morgan fingerprint density at radius 1 is 1.50 bits per heavy atom. The molecule has 0 aliphatic carbocycles. The minimum Gasteiger partial charge on any atom is -0.266 e. The van der Waals surface area contributed by atoms with Crippen LogP contribution in [-0.4, -0.2) is 29.7 Å². The Morgan fingerprint density at radius 2 is 2.19 bits per heavy atom. The Morgan fingerprint density at radius 3 is 2.62 bits per heavy atom. The zero-order chi connectivity index (χ0) is 12.0. The number of hydrogen-bond donors (Lipinski definition) is 0. The summed E-state index contributed by atoms with van der Waals surface area (Å²) in [6, 6.07) is 1.97. The van der Waals surface area contributed by atoms with Crippen LogP contribution in [0.3, 0.4) is 0 Å². The maximum absolute atomic E-state index is 11.5. The summed E-state index contributed by atoms with van der Waals surface area (Å²) in [4.78, 5) is 0. The smallest absolute Gasteiger partial charge is 0.152 e. The number of rotatable bonds is 2. The molecule has 0 aromatic carbocycles. The van der Waals surface area contributed by atoms with Crippen LogP contribution >= 0.6 is 0 Å². The van der Waals surface area contributed by atoms with Crippen molar-refractivity contribution in [3.05, 3.63) is 18.0 Å². The zero-order valence-corrected chi connectivity index (χ0v) is 10.8. The van der Waals surface area contributed by atoms with Crippen LogP contribution in [0.4, 0.5) is 0 Å². The van der Waals surface area contributed by atoms with Crippen LogP contribution in [-0.2, 0) is 15.4 Å². The van der Waals surface area contributed by atoms with Crippen molar-refractivity contribution in [2.45, 2.75) is 38.6 Å². The highest BCUT2D eigenvalue weighted by Gasteiger charge is 2.40. The first-order chi connectivity index (χ1) is 7.32. The van der Waals surface area contributed by atoms with E-state index in [0.29, 0.717) is 12.3 Å². The van der Waals surface area contributed by atoms with E-state index in [2.05, 4.69) is 18.9 Å². The summed E-state index contributed by atoms with van der Waals surface area (Å²) >= 11 is 0. The first-order valence-corrected chi connectivity index (χ1v) is 7.41. The molecule has 1 saturated heterocycles. The van der Waals surface area contributed by atoms with Crippen molar-refractivity contribution in [3.63, 3.8) is 0 Å². The molecule has 1 aromatic rings. The second kappa shape index (κ2) is 3.58. The van der Waals surface area contributed by atoms with Crippen molar-refractivity contribution >= 4 is 9.84 Å². The molecule has 0 N–H and O–H groups in total. The van der Waals surface area contributed by atoms with E-state index in [9.17, 15) is 8.42 Å². The topological polar surface area (TPSA) is 52.0 Å². The SMILES string of the molecule is CC(C)c1ccn(C2(C)CCS(=O)(=O)C2)n1. The Labute approximate surface area is 96.6 Å². The molecular formula is C11H18N2O2S. The van der Waals surface area contributed by atoms with Gasteiger partial charge in [-0.3, -0.25) is 4.68 Å². The maximum Gasteiger partial charge on any atom is 0.152 e. The third-order valence-corrected chi connectivity index (χ3v) is 5.12. The zero-order valence-electron chi connectivity index (χ0n) is 9.97. The Hall–Kier alpha value is -0.840. The highest BCUT2D eigenvalue weighted by Crippen LogP contribution is 2.30. The van der Waals surface area contributed by atoms with Crippen LogP contribution in [0.15, 0.2) is 12.3 Å². The van der Waals surface area contributed by atoms with Crippen molar-refractivity contribution in [1.29, 1.82) is 0 Å². The molecule has 2 heterocycles. The fraction of sp³-hybridized carbons (Fsp3) is 0.727. The van der Waals surface area contributed by atoms with Gasteiger partial charge in [0.15, 0.2) is 9.84 Å². The summed E-state index contributed by atoms with van der Waals surface area (Å²) in [5.41, 5.74) is 0.664. The molecule has 1 aliphatic heterocycles. The lowest BCUT2D eigenvalue weighted by molar-refractivity contribution is 0.326. The van der Waals surface area contributed by atoms with Crippen molar-refractivity contribution in [2.75, 3.05) is 11.5 Å². The first kappa shape index (κ1) is 11.6. The first-order valence-electron chi connectivity index (χ1n) is 5.59. The molecule has 1 atom stereocenters. The molecule has 16 heavy (non-hydrogen) atoms. The van der Waals surface area contributed by atoms with Gasteiger partial charge in [0, 0.05) is 6.20 Å². The summed E-state index contributed by atoms with van der Waals surface area (Å²) < 4.78 is 24.9. The monoisotopic (exact) mass is 242 g/mol. The molecule has 0 saturated carbocycles. The summed E-state index contributed by atoms with van der Waals surface area (Å²) in [5.74, 6) is 0.863. The second-order valence-electron chi connectivity index (χ2n) is 5.18. The molecule has 4 nitrogen and oxygen atoms in total. The summed E-state index contributed by atoms with van der Waals surface area (Å²) in [5, 5.41) is 4.48. The minimum absolute atomic E-state index is 0.208. The Bertz CT molecular complexity index is 490. The van der Waals surface area contributed by atoms with Gasteiger partial charge in [0.2, 0.25) is 0 Å². The van der Waals surface area contributed by atoms with Gasteiger partial charge >= 0.3 is 0 Å². The summed E-state index contributed by atoms with van der Waals surface area (Å²) in [7, 11) is -2.87. The van der Waals surface area contributed by atoms with Gasteiger partial charge in [-0.2, -0.15) is 5.10 Å². The number of aromatic nitrogens is 2. The van der Waals surface area contributed by atoms with Gasteiger partial charge in [-0.25, -0.2) is 8.42 Å². The largest absolute Gasteiger partial charge is 0.266 e.